The minimum absolute atomic E-state index is 0.282. The van der Waals surface area contributed by atoms with Gasteiger partial charge in [0.25, 0.3) is 0 Å². The molecule has 1 atom stereocenters. The van der Waals surface area contributed by atoms with E-state index in [4.69, 9.17) is 9.47 Å². The summed E-state index contributed by atoms with van der Waals surface area (Å²) in [6.07, 6.45) is 1.36. The largest absolute Gasteiger partial charge is 0.497 e. The van der Waals surface area contributed by atoms with Crippen LogP contribution in [-0.2, 0) is 14.8 Å². The fourth-order valence-corrected chi connectivity index (χ4v) is 4.15. The predicted molar refractivity (Wildman–Crippen MR) is 111 cm³/mol. The van der Waals surface area contributed by atoms with Crippen LogP contribution in [0.2, 0.25) is 0 Å². The second-order valence-electron chi connectivity index (χ2n) is 6.38. The molecule has 0 saturated heterocycles. The highest BCUT2D eigenvalue weighted by Crippen LogP contribution is 2.29. The van der Waals surface area contributed by atoms with E-state index in [0.29, 0.717) is 22.9 Å². The summed E-state index contributed by atoms with van der Waals surface area (Å²) < 4.78 is 36.7. The molecule has 0 fully saturated rings. The molecular weight excluding hydrogens is 380 g/mol. The third kappa shape index (κ3) is 4.95. The smallest absolute Gasteiger partial charge is 0.248 e. The summed E-state index contributed by atoms with van der Waals surface area (Å²) >= 11 is 0. The number of benzene rings is 2. The fourth-order valence-electron chi connectivity index (χ4n) is 2.94. The van der Waals surface area contributed by atoms with Crippen LogP contribution in [0.25, 0.3) is 0 Å². The molecule has 2 aromatic carbocycles. The van der Waals surface area contributed by atoms with E-state index in [-0.39, 0.29) is 6.42 Å². The van der Waals surface area contributed by atoms with E-state index in [9.17, 15) is 13.2 Å². The first-order valence-corrected chi connectivity index (χ1v) is 10.6. The minimum Gasteiger partial charge on any atom is -0.497 e. The van der Waals surface area contributed by atoms with Gasteiger partial charge in [0.2, 0.25) is 15.9 Å². The molecule has 8 heteroatoms. The summed E-state index contributed by atoms with van der Waals surface area (Å²) in [6, 6.07) is 11.1. The van der Waals surface area contributed by atoms with Gasteiger partial charge in [0.15, 0.2) is 0 Å². The quantitative estimate of drug-likeness (QED) is 0.728. The Kier molecular flexibility index (Phi) is 6.90. The van der Waals surface area contributed by atoms with Crippen LogP contribution >= 0.6 is 0 Å². The molecule has 1 unspecified atom stereocenters. The van der Waals surface area contributed by atoms with Crippen molar-refractivity contribution in [1.82, 2.24) is 0 Å². The first kappa shape index (κ1) is 21.6. The standard InChI is InChI=1S/C20H26N2O5S/c1-6-18(20(23)21-17-12-14(2)10-11-19(17)27-4)22(28(5,24)25)15-8-7-9-16(13-15)26-3/h7-13,18H,6H2,1-5H3,(H,21,23). The van der Waals surface area contributed by atoms with Crippen LogP contribution in [0.4, 0.5) is 11.4 Å². The Morgan fingerprint density at radius 2 is 1.86 bits per heavy atom. The highest BCUT2D eigenvalue weighted by molar-refractivity contribution is 7.92. The highest BCUT2D eigenvalue weighted by Gasteiger charge is 2.32. The molecule has 0 spiro atoms. The molecule has 1 amide bonds. The molecule has 1 N–H and O–H groups in total. The number of nitrogens with zero attached hydrogens (tertiary/aromatic N) is 1. The Balaban J connectivity index is 2.43. The Morgan fingerprint density at radius 3 is 2.43 bits per heavy atom. The predicted octanol–water partition coefficient (Wildman–Crippen LogP) is 3.20. The maximum atomic E-state index is 13.0. The maximum Gasteiger partial charge on any atom is 0.248 e. The number of hydrogen-bond acceptors (Lipinski definition) is 5. The molecular formula is C20H26N2O5S. The van der Waals surface area contributed by atoms with Crippen LogP contribution in [0.1, 0.15) is 18.9 Å². The topological polar surface area (TPSA) is 84.9 Å². The molecule has 28 heavy (non-hydrogen) atoms. The molecule has 7 nitrogen and oxygen atoms in total. The Labute approximate surface area is 166 Å². The number of methoxy groups -OCH3 is 2. The van der Waals surface area contributed by atoms with Gasteiger partial charge < -0.3 is 14.8 Å². The first-order chi connectivity index (χ1) is 13.2. The highest BCUT2D eigenvalue weighted by atomic mass is 32.2. The number of ether oxygens (including phenoxy) is 2. The van der Waals surface area contributed by atoms with Gasteiger partial charge in [0.1, 0.15) is 17.5 Å². The third-order valence-corrected chi connectivity index (χ3v) is 5.43. The van der Waals surface area contributed by atoms with E-state index in [0.717, 1.165) is 16.1 Å². The molecule has 2 rings (SSSR count). The number of aryl methyl sites for hydroxylation is 1. The van der Waals surface area contributed by atoms with E-state index in [1.165, 1.54) is 14.2 Å². The molecule has 0 saturated carbocycles. The zero-order valence-corrected chi connectivity index (χ0v) is 17.5. The molecule has 0 aliphatic rings. The number of amides is 1. The van der Waals surface area contributed by atoms with Crippen molar-refractivity contribution in [1.29, 1.82) is 0 Å². The van der Waals surface area contributed by atoms with Gasteiger partial charge in [-0.3, -0.25) is 9.10 Å². The number of anilines is 2. The molecule has 0 bridgehead atoms. The number of rotatable bonds is 8. The maximum absolute atomic E-state index is 13.0. The Bertz CT molecular complexity index is 943. The summed E-state index contributed by atoms with van der Waals surface area (Å²) in [6.45, 7) is 3.65. The monoisotopic (exact) mass is 406 g/mol. The van der Waals surface area contributed by atoms with Crippen LogP contribution in [-0.4, -0.2) is 40.8 Å². The molecule has 0 aromatic heterocycles. The number of carbonyl (C=O) groups excluding carboxylic acids is 1. The van der Waals surface area contributed by atoms with Crippen molar-refractivity contribution in [2.24, 2.45) is 0 Å². The van der Waals surface area contributed by atoms with Crippen molar-refractivity contribution < 1.29 is 22.7 Å². The van der Waals surface area contributed by atoms with E-state index in [1.807, 2.05) is 13.0 Å². The number of sulfonamides is 1. The van der Waals surface area contributed by atoms with Gasteiger partial charge in [-0.15, -0.1) is 0 Å². The summed E-state index contributed by atoms with van der Waals surface area (Å²) in [5.74, 6) is 0.558. The van der Waals surface area contributed by atoms with Gasteiger partial charge >= 0.3 is 0 Å². The van der Waals surface area contributed by atoms with Gasteiger partial charge in [0, 0.05) is 6.07 Å². The van der Waals surface area contributed by atoms with Crippen molar-refractivity contribution in [3.63, 3.8) is 0 Å². The van der Waals surface area contributed by atoms with Gasteiger partial charge in [-0.2, -0.15) is 0 Å². The summed E-state index contributed by atoms with van der Waals surface area (Å²) in [5.41, 5.74) is 1.79. The third-order valence-electron chi connectivity index (χ3n) is 4.25. The summed E-state index contributed by atoms with van der Waals surface area (Å²) in [5, 5.41) is 2.80. The van der Waals surface area contributed by atoms with Crippen molar-refractivity contribution in [3.05, 3.63) is 48.0 Å². The molecule has 0 heterocycles. The second-order valence-corrected chi connectivity index (χ2v) is 8.24. The van der Waals surface area contributed by atoms with Crippen LogP contribution in [0.5, 0.6) is 11.5 Å². The lowest BCUT2D eigenvalue weighted by Gasteiger charge is -2.30. The van der Waals surface area contributed by atoms with E-state index in [1.54, 1.807) is 43.3 Å². The van der Waals surface area contributed by atoms with E-state index >= 15 is 0 Å². The van der Waals surface area contributed by atoms with E-state index in [2.05, 4.69) is 5.32 Å². The molecule has 152 valence electrons. The van der Waals surface area contributed by atoms with Gasteiger partial charge in [0.05, 0.1) is 31.9 Å². The SMILES string of the molecule is CCC(C(=O)Nc1cc(C)ccc1OC)N(c1cccc(OC)c1)S(C)(=O)=O. The van der Waals surface area contributed by atoms with Crippen molar-refractivity contribution in [2.75, 3.05) is 30.1 Å². The summed E-state index contributed by atoms with van der Waals surface area (Å²) in [7, 11) is -0.721. The van der Waals surface area contributed by atoms with Crippen molar-refractivity contribution in [3.8, 4) is 11.5 Å². The van der Waals surface area contributed by atoms with Crippen LogP contribution < -0.4 is 19.1 Å². The van der Waals surface area contributed by atoms with Gasteiger partial charge in [-0.25, -0.2) is 8.42 Å². The number of hydrogen-bond donors (Lipinski definition) is 1. The Morgan fingerprint density at radius 1 is 1.14 bits per heavy atom. The van der Waals surface area contributed by atoms with E-state index < -0.39 is 22.0 Å². The van der Waals surface area contributed by atoms with Crippen LogP contribution in [0.15, 0.2) is 42.5 Å². The Hall–Kier alpha value is -2.74. The van der Waals surface area contributed by atoms with Crippen LogP contribution in [0.3, 0.4) is 0 Å². The summed E-state index contributed by atoms with van der Waals surface area (Å²) in [4.78, 5) is 13.0. The second kappa shape index (κ2) is 8.97. The molecule has 2 aromatic rings. The van der Waals surface area contributed by atoms with Crippen LogP contribution in [0, 0.1) is 6.92 Å². The minimum atomic E-state index is -3.73. The van der Waals surface area contributed by atoms with Crippen molar-refractivity contribution in [2.45, 2.75) is 26.3 Å². The number of nitrogens with one attached hydrogen (secondary N) is 1. The van der Waals surface area contributed by atoms with Gasteiger partial charge in [-0.1, -0.05) is 19.1 Å². The average Bonchev–Trinajstić information content (AvgIpc) is 2.65. The zero-order valence-electron chi connectivity index (χ0n) is 16.7. The lowest BCUT2D eigenvalue weighted by atomic mass is 10.1. The normalized spacial score (nSPS) is 12.2. The fraction of sp³-hybridized carbons (Fsp3) is 0.350. The number of carbonyl (C=O) groups is 1. The lowest BCUT2D eigenvalue weighted by molar-refractivity contribution is -0.117. The average molecular weight is 407 g/mol. The zero-order chi connectivity index (χ0) is 20.9. The lowest BCUT2D eigenvalue weighted by Crippen LogP contribution is -2.47. The molecule has 0 radical (unpaired) electrons. The molecule has 0 aliphatic carbocycles. The van der Waals surface area contributed by atoms with Gasteiger partial charge in [-0.05, 0) is 43.2 Å². The first-order valence-electron chi connectivity index (χ1n) is 8.80. The van der Waals surface area contributed by atoms with Crippen molar-refractivity contribution >= 4 is 27.3 Å². The molecule has 0 aliphatic heterocycles.